The molecule has 1 unspecified atom stereocenters. The zero-order valence-corrected chi connectivity index (χ0v) is 11.3. The summed E-state index contributed by atoms with van der Waals surface area (Å²) < 4.78 is 0. The average Bonchev–Trinajstić information content (AvgIpc) is 2.38. The monoisotopic (exact) mass is 251 g/mol. The lowest BCUT2D eigenvalue weighted by molar-refractivity contribution is 0.114. The molecule has 3 nitrogen and oxygen atoms in total. The van der Waals surface area contributed by atoms with Crippen LogP contribution in [-0.2, 0) is 6.42 Å². The van der Waals surface area contributed by atoms with E-state index in [1.807, 2.05) is 13.1 Å². The van der Waals surface area contributed by atoms with E-state index in [9.17, 15) is 5.11 Å². The highest BCUT2D eigenvalue weighted by Gasteiger charge is 2.07. The smallest absolute Gasteiger partial charge is 0.0667 e. The summed E-state index contributed by atoms with van der Waals surface area (Å²) in [6.45, 7) is 1.88. The van der Waals surface area contributed by atoms with Gasteiger partial charge in [0.1, 0.15) is 0 Å². The fourth-order valence-electron chi connectivity index (χ4n) is 2.00. The number of likely N-dealkylation sites (N-methyl/N-ethyl adjacent to an activating group) is 1. The Balaban J connectivity index is 2.15. The lowest BCUT2D eigenvalue weighted by atomic mass is 10.1. The first kappa shape index (κ1) is 15.2. The molecule has 102 valence electrons. The minimum absolute atomic E-state index is 0.219. The number of aliphatic hydroxyl groups is 2. The van der Waals surface area contributed by atoms with Gasteiger partial charge in [-0.3, -0.25) is 0 Å². The Morgan fingerprint density at radius 3 is 2.56 bits per heavy atom. The zero-order valence-electron chi connectivity index (χ0n) is 11.3. The Bertz CT molecular complexity index is 303. The molecule has 1 aromatic carbocycles. The minimum Gasteiger partial charge on any atom is -0.396 e. The second-order valence-electron chi connectivity index (χ2n) is 4.87. The summed E-state index contributed by atoms with van der Waals surface area (Å²) in [6, 6.07) is 10.4. The van der Waals surface area contributed by atoms with Gasteiger partial charge in [-0.2, -0.15) is 0 Å². The van der Waals surface area contributed by atoms with Gasteiger partial charge >= 0.3 is 0 Å². The van der Waals surface area contributed by atoms with Crippen LogP contribution in [-0.4, -0.2) is 48.0 Å². The fraction of sp³-hybridized carbons (Fsp3) is 0.600. The van der Waals surface area contributed by atoms with Gasteiger partial charge in [-0.1, -0.05) is 30.3 Å². The first-order valence-corrected chi connectivity index (χ1v) is 6.73. The third-order valence-corrected chi connectivity index (χ3v) is 3.09. The van der Waals surface area contributed by atoms with Crippen molar-refractivity contribution in [3.63, 3.8) is 0 Å². The van der Waals surface area contributed by atoms with Gasteiger partial charge in [-0.25, -0.2) is 0 Å². The Morgan fingerprint density at radius 2 is 1.89 bits per heavy atom. The third kappa shape index (κ3) is 6.74. The van der Waals surface area contributed by atoms with E-state index >= 15 is 0 Å². The molecular weight excluding hydrogens is 226 g/mol. The van der Waals surface area contributed by atoms with E-state index in [0.29, 0.717) is 6.54 Å². The Morgan fingerprint density at radius 1 is 1.17 bits per heavy atom. The molecule has 0 amide bonds. The van der Waals surface area contributed by atoms with Gasteiger partial charge in [-0.15, -0.1) is 0 Å². The highest BCUT2D eigenvalue weighted by molar-refractivity contribution is 5.14. The first-order chi connectivity index (χ1) is 8.72. The molecule has 2 N–H and O–H groups in total. The number of aliphatic hydroxyl groups excluding tert-OH is 2. The normalized spacial score (nSPS) is 12.9. The van der Waals surface area contributed by atoms with E-state index in [0.717, 1.165) is 32.2 Å². The van der Waals surface area contributed by atoms with Crippen LogP contribution in [0.15, 0.2) is 30.3 Å². The van der Waals surface area contributed by atoms with Crippen LogP contribution < -0.4 is 0 Å². The largest absolute Gasteiger partial charge is 0.396 e. The number of rotatable bonds is 9. The molecule has 0 fully saturated rings. The molecule has 0 aliphatic heterocycles. The van der Waals surface area contributed by atoms with Crippen molar-refractivity contribution < 1.29 is 10.2 Å². The lowest BCUT2D eigenvalue weighted by Crippen LogP contribution is -2.30. The molecular formula is C15H25NO2. The Hall–Kier alpha value is -0.900. The summed E-state index contributed by atoms with van der Waals surface area (Å²) in [4.78, 5) is 2.16. The maximum absolute atomic E-state index is 9.82. The molecule has 0 aliphatic carbocycles. The first-order valence-electron chi connectivity index (χ1n) is 6.73. The molecule has 0 bridgehead atoms. The number of unbranched alkanes of at least 4 members (excludes halogenated alkanes) is 1. The van der Waals surface area contributed by atoms with Crippen LogP contribution in [0.1, 0.15) is 24.8 Å². The SMILES string of the molecule is CN(CCc1ccccc1)CC(O)CCCCO. The van der Waals surface area contributed by atoms with Crippen LogP contribution in [0.3, 0.4) is 0 Å². The van der Waals surface area contributed by atoms with Crippen molar-refractivity contribution in [3.8, 4) is 0 Å². The highest BCUT2D eigenvalue weighted by atomic mass is 16.3. The van der Waals surface area contributed by atoms with E-state index in [2.05, 4.69) is 29.2 Å². The van der Waals surface area contributed by atoms with Gasteiger partial charge in [0.2, 0.25) is 0 Å². The van der Waals surface area contributed by atoms with Crippen molar-refractivity contribution in [2.45, 2.75) is 31.8 Å². The van der Waals surface area contributed by atoms with Crippen molar-refractivity contribution in [2.24, 2.45) is 0 Å². The lowest BCUT2D eigenvalue weighted by Gasteiger charge is -2.20. The van der Waals surface area contributed by atoms with Gasteiger partial charge < -0.3 is 15.1 Å². The van der Waals surface area contributed by atoms with Gasteiger partial charge in [0, 0.05) is 19.7 Å². The standard InChI is InChI=1S/C15H25NO2/c1-16(13-15(18)9-5-6-12-17)11-10-14-7-3-2-4-8-14/h2-4,7-8,15,17-18H,5-6,9-13H2,1H3. The maximum atomic E-state index is 9.82. The number of nitrogens with zero attached hydrogens (tertiary/aromatic N) is 1. The predicted molar refractivity (Wildman–Crippen MR) is 74.6 cm³/mol. The second-order valence-corrected chi connectivity index (χ2v) is 4.87. The van der Waals surface area contributed by atoms with E-state index in [1.165, 1.54) is 5.56 Å². The molecule has 0 saturated carbocycles. The van der Waals surface area contributed by atoms with Gasteiger partial charge in [0.15, 0.2) is 0 Å². The number of hydrogen-bond donors (Lipinski definition) is 2. The van der Waals surface area contributed by atoms with Crippen molar-refractivity contribution in [1.29, 1.82) is 0 Å². The summed E-state index contributed by atoms with van der Waals surface area (Å²) in [5, 5.41) is 18.5. The third-order valence-electron chi connectivity index (χ3n) is 3.09. The Kier molecular flexibility index (Phi) is 7.65. The maximum Gasteiger partial charge on any atom is 0.0667 e. The highest BCUT2D eigenvalue weighted by Crippen LogP contribution is 2.04. The van der Waals surface area contributed by atoms with Crippen molar-refractivity contribution in [3.05, 3.63) is 35.9 Å². The van der Waals surface area contributed by atoms with Crippen LogP contribution in [0.25, 0.3) is 0 Å². The number of benzene rings is 1. The quantitative estimate of drug-likeness (QED) is 0.656. The van der Waals surface area contributed by atoms with Crippen LogP contribution in [0.4, 0.5) is 0 Å². The van der Waals surface area contributed by atoms with Crippen molar-refractivity contribution >= 4 is 0 Å². The molecule has 0 saturated heterocycles. The van der Waals surface area contributed by atoms with Crippen LogP contribution in [0, 0.1) is 0 Å². The molecule has 1 atom stereocenters. The molecule has 0 radical (unpaired) electrons. The van der Waals surface area contributed by atoms with Gasteiger partial charge in [0.25, 0.3) is 0 Å². The van der Waals surface area contributed by atoms with Crippen molar-refractivity contribution in [1.82, 2.24) is 4.90 Å². The summed E-state index contributed by atoms with van der Waals surface area (Å²) in [7, 11) is 2.04. The average molecular weight is 251 g/mol. The van der Waals surface area contributed by atoms with E-state index in [1.54, 1.807) is 0 Å². The van der Waals surface area contributed by atoms with E-state index in [4.69, 9.17) is 5.11 Å². The minimum atomic E-state index is -0.280. The summed E-state index contributed by atoms with van der Waals surface area (Å²) in [5.74, 6) is 0. The summed E-state index contributed by atoms with van der Waals surface area (Å²) in [5.41, 5.74) is 1.33. The Labute approximate surface area is 110 Å². The van der Waals surface area contributed by atoms with E-state index < -0.39 is 0 Å². The van der Waals surface area contributed by atoms with E-state index in [-0.39, 0.29) is 12.7 Å². The molecule has 0 spiro atoms. The zero-order chi connectivity index (χ0) is 13.2. The summed E-state index contributed by atoms with van der Waals surface area (Å²) >= 11 is 0. The van der Waals surface area contributed by atoms with Crippen molar-refractivity contribution in [2.75, 3.05) is 26.7 Å². The fourth-order valence-corrected chi connectivity index (χ4v) is 2.00. The van der Waals surface area contributed by atoms with Crippen LogP contribution >= 0.6 is 0 Å². The second kappa shape index (κ2) is 9.09. The number of hydrogen-bond acceptors (Lipinski definition) is 3. The van der Waals surface area contributed by atoms with Gasteiger partial charge in [-0.05, 0) is 38.3 Å². The molecule has 0 aromatic heterocycles. The van der Waals surface area contributed by atoms with Crippen LogP contribution in [0.5, 0.6) is 0 Å². The topological polar surface area (TPSA) is 43.7 Å². The molecule has 18 heavy (non-hydrogen) atoms. The molecule has 0 heterocycles. The summed E-state index contributed by atoms with van der Waals surface area (Å²) in [6.07, 6.45) is 3.18. The molecule has 1 rings (SSSR count). The molecule has 0 aliphatic rings. The molecule has 1 aromatic rings. The molecule has 3 heteroatoms. The predicted octanol–water partition coefficient (Wildman–Crippen LogP) is 1.68. The van der Waals surface area contributed by atoms with Gasteiger partial charge in [0.05, 0.1) is 6.10 Å². The van der Waals surface area contributed by atoms with Crippen LogP contribution in [0.2, 0.25) is 0 Å².